The van der Waals surface area contributed by atoms with E-state index in [2.05, 4.69) is 16.4 Å². The number of nitrogens with zero attached hydrogens (tertiary/aromatic N) is 3. The van der Waals surface area contributed by atoms with Gasteiger partial charge in [0, 0.05) is 6.54 Å². The molecular formula is C16H18N3NaO. The van der Waals surface area contributed by atoms with Crippen molar-refractivity contribution < 1.29 is 36.1 Å². The summed E-state index contributed by atoms with van der Waals surface area (Å²) in [5.74, 6) is 0.322. The molecule has 0 unspecified atom stereocenters. The Balaban J connectivity index is 0.00000121. The summed E-state index contributed by atoms with van der Waals surface area (Å²) in [6, 6.07) is 15.4. The molecule has 3 rings (SSSR count). The molecule has 2 aromatic carbocycles. The summed E-state index contributed by atoms with van der Waals surface area (Å²) in [4.78, 5) is 0. The maximum Gasteiger partial charge on any atom is 1.00 e. The van der Waals surface area contributed by atoms with E-state index in [9.17, 15) is 5.11 Å². The molecule has 0 fully saturated rings. The van der Waals surface area contributed by atoms with E-state index in [1.165, 1.54) is 5.56 Å². The summed E-state index contributed by atoms with van der Waals surface area (Å²) in [6.07, 6.45) is 3.18. The fourth-order valence-corrected chi connectivity index (χ4v) is 2.34. The Morgan fingerprint density at radius 3 is 2.57 bits per heavy atom. The first-order chi connectivity index (χ1) is 9.83. The van der Waals surface area contributed by atoms with Crippen LogP contribution in [-0.4, -0.2) is 20.1 Å². The zero-order valence-electron chi connectivity index (χ0n) is 13.2. The normalized spacial score (nSPS) is 10.5. The van der Waals surface area contributed by atoms with E-state index in [1.54, 1.807) is 12.1 Å². The van der Waals surface area contributed by atoms with Crippen molar-refractivity contribution in [1.82, 2.24) is 15.0 Å². The van der Waals surface area contributed by atoms with Crippen molar-refractivity contribution in [2.24, 2.45) is 0 Å². The number of aryl methyl sites for hydroxylation is 2. The minimum Gasteiger partial charge on any atom is -1.00 e. The van der Waals surface area contributed by atoms with Gasteiger partial charge in [-0.25, -0.2) is 4.68 Å². The summed E-state index contributed by atoms with van der Waals surface area (Å²) in [7, 11) is 0. The van der Waals surface area contributed by atoms with Crippen molar-refractivity contribution in [1.29, 1.82) is 0 Å². The van der Waals surface area contributed by atoms with Crippen LogP contribution < -0.4 is 29.6 Å². The molecule has 0 aliphatic heterocycles. The topological polar surface area (TPSA) is 50.9 Å². The quantitative estimate of drug-likeness (QED) is 0.542. The van der Waals surface area contributed by atoms with Gasteiger partial charge in [-0.2, -0.15) is 0 Å². The standard InChI is InChI=1S/C16H17N3O.Na.H/c20-14-10-8-13(9-11-14)5-3-4-12-19-16-7-2-1-6-15(16)17-18-19;;/h1-2,6-11,20H,3-5,12H2;;/q;+1;-1. The van der Waals surface area contributed by atoms with Crippen LogP contribution in [0.1, 0.15) is 19.8 Å². The van der Waals surface area contributed by atoms with Crippen molar-refractivity contribution in [2.45, 2.75) is 25.8 Å². The van der Waals surface area contributed by atoms with Gasteiger partial charge in [0.15, 0.2) is 0 Å². The Hall–Kier alpha value is -1.36. The molecule has 21 heavy (non-hydrogen) atoms. The molecule has 1 heterocycles. The Labute approximate surface area is 147 Å². The second-order valence-corrected chi connectivity index (χ2v) is 4.92. The number of fused-ring (bicyclic) bond motifs is 1. The van der Waals surface area contributed by atoms with Crippen LogP contribution in [0.4, 0.5) is 0 Å². The molecule has 0 bridgehead atoms. The number of unbranched alkanes of at least 4 members (excludes halogenated alkanes) is 1. The average Bonchev–Trinajstić information content (AvgIpc) is 2.89. The van der Waals surface area contributed by atoms with Crippen LogP contribution in [0.5, 0.6) is 5.75 Å². The molecule has 1 aromatic heterocycles. The van der Waals surface area contributed by atoms with Gasteiger partial charge in [0.05, 0.1) is 5.52 Å². The molecule has 0 aliphatic carbocycles. The second kappa shape index (κ2) is 7.59. The van der Waals surface area contributed by atoms with Gasteiger partial charge in [-0.1, -0.05) is 29.5 Å². The van der Waals surface area contributed by atoms with Crippen molar-refractivity contribution in [3.8, 4) is 5.75 Å². The Bertz CT molecular complexity index is 700. The third-order valence-electron chi connectivity index (χ3n) is 3.44. The molecule has 0 atom stereocenters. The number of aromatic hydroxyl groups is 1. The number of phenols is 1. The van der Waals surface area contributed by atoms with E-state index >= 15 is 0 Å². The number of rotatable bonds is 5. The van der Waals surface area contributed by atoms with Crippen LogP contribution >= 0.6 is 0 Å². The zero-order valence-corrected chi connectivity index (χ0v) is 14.2. The minimum atomic E-state index is 0. The fraction of sp³-hybridized carbons (Fsp3) is 0.250. The molecule has 104 valence electrons. The number of para-hydroxylation sites is 1. The third kappa shape index (κ3) is 4.06. The summed E-state index contributed by atoms with van der Waals surface area (Å²) in [6.45, 7) is 0.887. The smallest absolute Gasteiger partial charge is 1.00 e. The molecular weight excluding hydrogens is 273 g/mol. The van der Waals surface area contributed by atoms with E-state index < -0.39 is 0 Å². The summed E-state index contributed by atoms with van der Waals surface area (Å²) < 4.78 is 1.96. The van der Waals surface area contributed by atoms with Crippen molar-refractivity contribution in [3.63, 3.8) is 0 Å². The Morgan fingerprint density at radius 1 is 1.00 bits per heavy atom. The van der Waals surface area contributed by atoms with Gasteiger partial charge in [-0.15, -0.1) is 5.10 Å². The number of hydrogen-bond acceptors (Lipinski definition) is 3. The minimum absolute atomic E-state index is 0. The van der Waals surface area contributed by atoms with Gasteiger partial charge in [0.1, 0.15) is 11.3 Å². The van der Waals surface area contributed by atoms with Gasteiger partial charge in [-0.3, -0.25) is 0 Å². The molecule has 0 saturated heterocycles. The number of hydrogen-bond donors (Lipinski definition) is 1. The van der Waals surface area contributed by atoms with Crippen LogP contribution in [0.25, 0.3) is 11.0 Å². The third-order valence-corrected chi connectivity index (χ3v) is 3.44. The van der Waals surface area contributed by atoms with Gasteiger partial charge >= 0.3 is 29.6 Å². The van der Waals surface area contributed by atoms with Gasteiger partial charge < -0.3 is 6.53 Å². The number of phenolic OH excluding ortho intramolecular Hbond substituents is 1. The van der Waals surface area contributed by atoms with Crippen molar-refractivity contribution in [3.05, 3.63) is 54.1 Å². The first-order valence-electron chi connectivity index (χ1n) is 6.89. The monoisotopic (exact) mass is 291 g/mol. The van der Waals surface area contributed by atoms with E-state index in [4.69, 9.17) is 0 Å². The van der Waals surface area contributed by atoms with E-state index in [0.29, 0.717) is 5.75 Å². The molecule has 0 amide bonds. The first kappa shape index (κ1) is 16.0. The first-order valence-corrected chi connectivity index (χ1v) is 6.89. The Kier molecular flexibility index (Phi) is 5.79. The Morgan fingerprint density at radius 2 is 1.76 bits per heavy atom. The SMILES string of the molecule is Oc1ccc(CCCCn2nnc3ccccc32)cc1.[H-].[Na+]. The molecule has 0 spiro atoms. The van der Waals surface area contributed by atoms with Crippen molar-refractivity contribution >= 4 is 11.0 Å². The van der Waals surface area contributed by atoms with Gasteiger partial charge in [0.25, 0.3) is 0 Å². The van der Waals surface area contributed by atoms with Crippen LogP contribution in [0.2, 0.25) is 0 Å². The fourth-order valence-electron chi connectivity index (χ4n) is 2.34. The predicted molar refractivity (Wildman–Crippen MR) is 79.7 cm³/mol. The van der Waals surface area contributed by atoms with E-state index in [1.807, 2.05) is 35.0 Å². The molecule has 1 N–H and O–H groups in total. The van der Waals surface area contributed by atoms with Crippen LogP contribution in [-0.2, 0) is 13.0 Å². The molecule has 3 aromatic rings. The number of aromatic nitrogens is 3. The van der Waals surface area contributed by atoms with E-state index in [-0.39, 0.29) is 31.0 Å². The molecule has 0 saturated carbocycles. The summed E-state index contributed by atoms with van der Waals surface area (Å²) in [5, 5.41) is 17.6. The average molecular weight is 291 g/mol. The molecule has 5 heteroatoms. The largest absolute Gasteiger partial charge is 1.00 e. The maximum atomic E-state index is 9.24. The summed E-state index contributed by atoms with van der Waals surface area (Å²) >= 11 is 0. The van der Waals surface area contributed by atoms with Crippen LogP contribution in [0.15, 0.2) is 48.5 Å². The van der Waals surface area contributed by atoms with Crippen LogP contribution in [0, 0.1) is 0 Å². The molecule has 4 nitrogen and oxygen atoms in total. The number of benzene rings is 2. The predicted octanol–water partition coefficient (Wildman–Crippen LogP) is 0.276. The summed E-state index contributed by atoms with van der Waals surface area (Å²) in [5.41, 5.74) is 3.30. The molecule has 0 radical (unpaired) electrons. The van der Waals surface area contributed by atoms with Gasteiger partial charge in [0.2, 0.25) is 0 Å². The van der Waals surface area contributed by atoms with Gasteiger partial charge in [-0.05, 0) is 49.1 Å². The molecule has 0 aliphatic rings. The van der Waals surface area contributed by atoms with Crippen molar-refractivity contribution in [2.75, 3.05) is 0 Å². The van der Waals surface area contributed by atoms with E-state index in [0.717, 1.165) is 36.8 Å². The van der Waals surface area contributed by atoms with Crippen LogP contribution in [0.3, 0.4) is 0 Å². The zero-order chi connectivity index (χ0) is 13.8. The second-order valence-electron chi connectivity index (χ2n) is 4.92. The maximum absolute atomic E-state index is 9.24.